The maximum atomic E-state index is 13.7. The topological polar surface area (TPSA) is 50.8 Å². The molecule has 0 saturated carbocycles. The van der Waals surface area contributed by atoms with Gasteiger partial charge < -0.3 is 14.8 Å². The molecule has 0 saturated heterocycles. The average Bonchev–Trinajstić information content (AvgIpc) is 2.70. The number of hydrogen-bond donors (Lipinski definition) is 1. The molecule has 5 nitrogen and oxygen atoms in total. The highest BCUT2D eigenvalue weighted by Gasteiger charge is 2.14. The van der Waals surface area contributed by atoms with E-state index in [4.69, 9.17) is 9.47 Å². The number of carbonyl (C=O) groups is 1. The number of rotatable bonds is 10. The second kappa shape index (κ2) is 11.5. The van der Waals surface area contributed by atoms with Gasteiger partial charge in [-0.15, -0.1) is 0 Å². The van der Waals surface area contributed by atoms with E-state index in [1.54, 1.807) is 25.3 Å². The standard InChI is InChI=1S/C24H30F2N2O3/c1-16(2)28(17(3)4)12-13-31-23-15-20(9-10-22(23)30-5)27-24(29)11-7-18-6-8-19(25)14-21(18)26/h6-11,14-17H,12-13H2,1-5H3,(H,27,29). The van der Waals surface area contributed by atoms with Crippen LogP contribution in [0.1, 0.15) is 33.3 Å². The molecule has 0 heterocycles. The van der Waals surface area contributed by atoms with Crippen LogP contribution in [0.15, 0.2) is 42.5 Å². The van der Waals surface area contributed by atoms with Crippen LogP contribution in [-0.4, -0.2) is 43.2 Å². The van der Waals surface area contributed by atoms with Gasteiger partial charge in [-0.2, -0.15) is 0 Å². The summed E-state index contributed by atoms with van der Waals surface area (Å²) in [6.45, 7) is 9.78. The SMILES string of the molecule is COc1ccc(NC(=O)C=Cc2ccc(F)cc2F)cc1OCCN(C(C)C)C(C)C. The molecule has 0 aliphatic rings. The number of nitrogens with zero attached hydrogens (tertiary/aromatic N) is 1. The van der Waals surface area contributed by atoms with E-state index in [0.29, 0.717) is 35.9 Å². The molecule has 0 fully saturated rings. The zero-order valence-corrected chi connectivity index (χ0v) is 18.6. The van der Waals surface area contributed by atoms with Crippen LogP contribution in [0.3, 0.4) is 0 Å². The predicted octanol–water partition coefficient (Wildman–Crippen LogP) is 5.12. The molecule has 7 heteroatoms. The molecule has 0 bridgehead atoms. The summed E-state index contributed by atoms with van der Waals surface area (Å²) in [5.74, 6) is -0.787. The lowest BCUT2D eigenvalue weighted by Gasteiger charge is -2.30. The number of halogens is 2. The summed E-state index contributed by atoms with van der Waals surface area (Å²) in [5, 5.41) is 2.70. The van der Waals surface area contributed by atoms with E-state index < -0.39 is 17.5 Å². The molecule has 0 aliphatic heterocycles. The third-order valence-corrected chi connectivity index (χ3v) is 4.74. The van der Waals surface area contributed by atoms with Crippen LogP contribution >= 0.6 is 0 Å². The quantitative estimate of drug-likeness (QED) is 0.529. The Morgan fingerprint density at radius 1 is 1.06 bits per heavy atom. The number of hydrogen-bond acceptors (Lipinski definition) is 4. The van der Waals surface area contributed by atoms with Crippen LogP contribution < -0.4 is 14.8 Å². The van der Waals surface area contributed by atoms with E-state index in [1.807, 2.05) is 0 Å². The molecule has 0 spiro atoms. The Bertz CT molecular complexity index is 906. The van der Waals surface area contributed by atoms with Crippen LogP contribution in [0.5, 0.6) is 11.5 Å². The van der Waals surface area contributed by atoms with E-state index in [0.717, 1.165) is 18.7 Å². The van der Waals surface area contributed by atoms with Crippen LogP contribution in [-0.2, 0) is 4.79 Å². The van der Waals surface area contributed by atoms with Gasteiger partial charge in [0.25, 0.3) is 0 Å². The number of benzene rings is 2. The summed E-state index contributed by atoms with van der Waals surface area (Å²) in [7, 11) is 1.55. The zero-order chi connectivity index (χ0) is 23.0. The molecule has 2 rings (SSSR count). The van der Waals surface area contributed by atoms with Crippen molar-refractivity contribution in [3.8, 4) is 11.5 Å². The van der Waals surface area contributed by atoms with Gasteiger partial charge in [0.2, 0.25) is 5.91 Å². The first-order valence-electron chi connectivity index (χ1n) is 10.2. The van der Waals surface area contributed by atoms with E-state index in [-0.39, 0.29) is 5.56 Å². The van der Waals surface area contributed by atoms with Crippen molar-refractivity contribution in [2.24, 2.45) is 0 Å². The molecule has 2 aromatic rings. The number of methoxy groups -OCH3 is 1. The van der Waals surface area contributed by atoms with Gasteiger partial charge >= 0.3 is 0 Å². The second-order valence-corrected chi connectivity index (χ2v) is 7.63. The van der Waals surface area contributed by atoms with Crippen molar-refractivity contribution in [1.29, 1.82) is 0 Å². The Kier molecular flexibility index (Phi) is 9.00. The van der Waals surface area contributed by atoms with Crippen LogP contribution in [0.25, 0.3) is 6.08 Å². The number of ether oxygens (including phenoxy) is 2. The minimum Gasteiger partial charge on any atom is -0.493 e. The fourth-order valence-electron chi connectivity index (χ4n) is 3.23. The molecule has 2 aromatic carbocycles. The van der Waals surface area contributed by atoms with Gasteiger partial charge in [0, 0.05) is 48.1 Å². The summed E-state index contributed by atoms with van der Waals surface area (Å²) in [6, 6.07) is 9.03. The van der Waals surface area contributed by atoms with Crippen LogP contribution in [0.2, 0.25) is 0 Å². The molecule has 1 amide bonds. The fourth-order valence-corrected chi connectivity index (χ4v) is 3.23. The van der Waals surface area contributed by atoms with E-state index in [1.165, 1.54) is 18.2 Å². The van der Waals surface area contributed by atoms with Crippen molar-refractivity contribution < 1.29 is 23.0 Å². The van der Waals surface area contributed by atoms with Crippen molar-refractivity contribution in [3.05, 3.63) is 59.7 Å². The van der Waals surface area contributed by atoms with E-state index >= 15 is 0 Å². The number of anilines is 1. The molecule has 0 aromatic heterocycles. The molecular weight excluding hydrogens is 402 g/mol. The maximum Gasteiger partial charge on any atom is 0.248 e. The normalized spacial score (nSPS) is 11.5. The lowest BCUT2D eigenvalue weighted by molar-refractivity contribution is -0.111. The molecule has 168 valence electrons. The minimum atomic E-state index is -0.735. The molecule has 31 heavy (non-hydrogen) atoms. The predicted molar refractivity (Wildman–Crippen MR) is 119 cm³/mol. The Morgan fingerprint density at radius 3 is 2.39 bits per heavy atom. The fraction of sp³-hybridized carbons (Fsp3) is 0.375. The highest BCUT2D eigenvalue weighted by Crippen LogP contribution is 2.30. The molecule has 0 unspecified atom stereocenters. The first-order valence-corrected chi connectivity index (χ1v) is 10.2. The summed E-state index contributed by atoms with van der Waals surface area (Å²) in [4.78, 5) is 14.5. The van der Waals surface area contributed by atoms with Gasteiger partial charge in [-0.3, -0.25) is 9.69 Å². The van der Waals surface area contributed by atoms with Crippen molar-refractivity contribution >= 4 is 17.7 Å². The van der Waals surface area contributed by atoms with Gasteiger partial charge in [-0.05, 0) is 58.0 Å². The first-order chi connectivity index (χ1) is 14.7. The van der Waals surface area contributed by atoms with Gasteiger partial charge in [-0.1, -0.05) is 0 Å². The highest BCUT2D eigenvalue weighted by molar-refractivity contribution is 6.02. The van der Waals surface area contributed by atoms with Gasteiger partial charge in [0.05, 0.1) is 7.11 Å². The molecular formula is C24H30F2N2O3. The third-order valence-electron chi connectivity index (χ3n) is 4.74. The van der Waals surface area contributed by atoms with Gasteiger partial charge in [0.15, 0.2) is 11.5 Å². The number of carbonyl (C=O) groups excluding carboxylic acids is 1. The lowest BCUT2D eigenvalue weighted by atomic mass is 10.2. The van der Waals surface area contributed by atoms with Crippen molar-refractivity contribution in [2.75, 3.05) is 25.6 Å². The third kappa shape index (κ3) is 7.36. The average molecular weight is 433 g/mol. The Balaban J connectivity index is 2.03. The zero-order valence-electron chi connectivity index (χ0n) is 18.6. The smallest absolute Gasteiger partial charge is 0.248 e. The summed E-state index contributed by atoms with van der Waals surface area (Å²) < 4.78 is 37.9. The number of nitrogens with one attached hydrogen (secondary N) is 1. The summed E-state index contributed by atoms with van der Waals surface area (Å²) >= 11 is 0. The largest absolute Gasteiger partial charge is 0.493 e. The first kappa shape index (κ1) is 24.3. The lowest BCUT2D eigenvalue weighted by Crippen LogP contribution is -2.39. The van der Waals surface area contributed by atoms with Crippen molar-refractivity contribution in [2.45, 2.75) is 39.8 Å². The monoisotopic (exact) mass is 432 g/mol. The van der Waals surface area contributed by atoms with Gasteiger partial charge in [0.1, 0.15) is 18.2 Å². The van der Waals surface area contributed by atoms with Crippen molar-refractivity contribution in [1.82, 2.24) is 4.90 Å². The Morgan fingerprint density at radius 2 is 1.77 bits per heavy atom. The molecule has 0 atom stereocenters. The Labute approximate surface area is 182 Å². The van der Waals surface area contributed by atoms with E-state index in [9.17, 15) is 13.6 Å². The molecule has 1 N–H and O–H groups in total. The summed E-state index contributed by atoms with van der Waals surface area (Å²) in [6.07, 6.45) is 2.47. The van der Waals surface area contributed by atoms with Crippen LogP contribution in [0, 0.1) is 11.6 Å². The highest BCUT2D eigenvalue weighted by atomic mass is 19.1. The molecule has 0 radical (unpaired) electrons. The summed E-state index contributed by atoms with van der Waals surface area (Å²) in [5.41, 5.74) is 0.629. The van der Waals surface area contributed by atoms with Crippen LogP contribution in [0.4, 0.5) is 14.5 Å². The maximum absolute atomic E-state index is 13.7. The Hall–Kier alpha value is -2.93. The van der Waals surface area contributed by atoms with Crippen molar-refractivity contribution in [3.63, 3.8) is 0 Å². The number of amides is 1. The second-order valence-electron chi connectivity index (χ2n) is 7.63. The van der Waals surface area contributed by atoms with E-state index in [2.05, 4.69) is 37.9 Å². The van der Waals surface area contributed by atoms with Gasteiger partial charge in [-0.25, -0.2) is 8.78 Å². The minimum absolute atomic E-state index is 0.121. The molecule has 0 aliphatic carbocycles.